The standard InChI is InChI=1S/C16H23NO2S/c17-16(20)14-6-2-7-15(12-14)19-10-3-9-18-11-8-13-4-1-5-13/h2,6-7,12-13H,1,3-5,8-11H2,(H2,17,20). The van der Waals surface area contributed by atoms with E-state index in [9.17, 15) is 0 Å². The predicted octanol–water partition coefficient (Wildman–Crippen LogP) is 3.30. The molecular formula is C16H23NO2S. The fraction of sp³-hybridized carbons (Fsp3) is 0.562. The molecule has 110 valence electrons. The molecule has 1 saturated carbocycles. The highest BCUT2D eigenvalue weighted by atomic mass is 32.1. The third-order valence-corrected chi connectivity index (χ3v) is 3.95. The van der Waals surface area contributed by atoms with E-state index in [1.165, 1.54) is 25.7 Å². The largest absolute Gasteiger partial charge is 0.493 e. The van der Waals surface area contributed by atoms with Gasteiger partial charge in [-0.25, -0.2) is 0 Å². The van der Waals surface area contributed by atoms with E-state index >= 15 is 0 Å². The minimum Gasteiger partial charge on any atom is -0.493 e. The quantitative estimate of drug-likeness (QED) is 0.560. The van der Waals surface area contributed by atoms with Crippen LogP contribution in [0.4, 0.5) is 0 Å². The Morgan fingerprint density at radius 3 is 2.80 bits per heavy atom. The summed E-state index contributed by atoms with van der Waals surface area (Å²) in [6.07, 6.45) is 6.32. The zero-order valence-electron chi connectivity index (χ0n) is 11.8. The summed E-state index contributed by atoms with van der Waals surface area (Å²) in [5, 5.41) is 0. The molecule has 4 heteroatoms. The summed E-state index contributed by atoms with van der Waals surface area (Å²) in [5.74, 6) is 1.74. The molecule has 0 bridgehead atoms. The van der Waals surface area contributed by atoms with Crippen molar-refractivity contribution in [2.24, 2.45) is 11.7 Å². The van der Waals surface area contributed by atoms with Gasteiger partial charge in [0.15, 0.2) is 0 Å². The summed E-state index contributed by atoms with van der Waals surface area (Å²) in [7, 11) is 0. The number of thiocarbonyl (C=S) groups is 1. The van der Waals surface area contributed by atoms with Crippen LogP contribution in [0.1, 0.15) is 37.7 Å². The molecule has 0 radical (unpaired) electrons. The molecule has 0 heterocycles. The summed E-state index contributed by atoms with van der Waals surface area (Å²) in [5.41, 5.74) is 6.43. The molecule has 1 fully saturated rings. The average Bonchev–Trinajstić information content (AvgIpc) is 2.40. The summed E-state index contributed by atoms with van der Waals surface area (Å²) in [6.45, 7) is 2.31. The zero-order valence-corrected chi connectivity index (χ0v) is 12.7. The molecule has 0 saturated heterocycles. The van der Waals surface area contributed by atoms with E-state index in [0.717, 1.165) is 36.9 Å². The molecule has 3 nitrogen and oxygen atoms in total. The van der Waals surface area contributed by atoms with E-state index in [4.69, 9.17) is 27.4 Å². The third kappa shape index (κ3) is 5.10. The van der Waals surface area contributed by atoms with Gasteiger partial charge in [0.05, 0.1) is 6.61 Å². The summed E-state index contributed by atoms with van der Waals surface area (Å²) in [4.78, 5) is 0.398. The van der Waals surface area contributed by atoms with Crippen molar-refractivity contribution < 1.29 is 9.47 Å². The molecule has 2 N–H and O–H groups in total. The SMILES string of the molecule is NC(=S)c1cccc(OCCCOCCC2CCC2)c1. The Kier molecular flexibility index (Phi) is 6.27. The maximum Gasteiger partial charge on any atom is 0.119 e. The molecule has 1 aromatic carbocycles. The Balaban J connectivity index is 1.53. The zero-order chi connectivity index (χ0) is 14.2. The van der Waals surface area contributed by atoms with E-state index in [-0.39, 0.29) is 0 Å². The molecule has 2 rings (SSSR count). The van der Waals surface area contributed by atoms with Crippen molar-refractivity contribution in [3.63, 3.8) is 0 Å². The van der Waals surface area contributed by atoms with Crippen molar-refractivity contribution >= 4 is 17.2 Å². The first kappa shape index (κ1) is 15.3. The fourth-order valence-electron chi connectivity index (χ4n) is 2.22. The van der Waals surface area contributed by atoms with E-state index in [2.05, 4.69) is 0 Å². The lowest BCUT2D eigenvalue weighted by atomic mass is 9.83. The van der Waals surface area contributed by atoms with E-state index in [1.807, 2.05) is 24.3 Å². The summed E-state index contributed by atoms with van der Waals surface area (Å²) in [6, 6.07) is 7.58. The van der Waals surface area contributed by atoms with Gasteiger partial charge in [-0.1, -0.05) is 43.6 Å². The van der Waals surface area contributed by atoms with Gasteiger partial charge in [0.25, 0.3) is 0 Å². The molecule has 0 aliphatic heterocycles. The van der Waals surface area contributed by atoms with Gasteiger partial charge in [-0.05, 0) is 24.5 Å². The van der Waals surface area contributed by atoms with Crippen LogP contribution >= 0.6 is 12.2 Å². The number of benzene rings is 1. The highest BCUT2D eigenvalue weighted by Crippen LogP contribution is 2.29. The minimum absolute atomic E-state index is 0.398. The highest BCUT2D eigenvalue weighted by molar-refractivity contribution is 7.80. The summed E-state index contributed by atoms with van der Waals surface area (Å²) < 4.78 is 11.3. The molecule has 0 aromatic heterocycles. The fourth-order valence-corrected chi connectivity index (χ4v) is 2.35. The van der Waals surface area contributed by atoms with Gasteiger partial charge in [0, 0.05) is 25.2 Å². The topological polar surface area (TPSA) is 44.5 Å². The molecule has 20 heavy (non-hydrogen) atoms. The molecule has 1 aliphatic carbocycles. The van der Waals surface area contributed by atoms with Gasteiger partial charge in [-0.15, -0.1) is 0 Å². The average molecular weight is 293 g/mol. The van der Waals surface area contributed by atoms with Crippen LogP contribution in [0.15, 0.2) is 24.3 Å². The third-order valence-electron chi connectivity index (χ3n) is 3.72. The molecular weight excluding hydrogens is 270 g/mol. The van der Waals surface area contributed by atoms with E-state index in [1.54, 1.807) is 0 Å². The van der Waals surface area contributed by atoms with Crippen molar-refractivity contribution in [2.45, 2.75) is 32.1 Å². The van der Waals surface area contributed by atoms with E-state index in [0.29, 0.717) is 11.6 Å². The van der Waals surface area contributed by atoms with Gasteiger partial charge >= 0.3 is 0 Å². The summed E-state index contributed by atoms with van der Waals surface area (Å²) >= 11 is 4.94. The highest BCUT2D eigenvalue weighted by Gasteiger charge is 2.16. The van der Waals surface area contributed by atoms with Crippen molar-refractivity contribution in [3.8, 4) is 5.75 Å². The normalized spacial score (nSPS) is 14.8. The predicted molar refractivity (Wildman–Crippen MR) is 85.2 cm³/mol. The molecule has 0 spiro atoms. The lowest BCUT2D eigenvalue weighted by molar-refractivity contribution is 0.0961. The van der Waals surface area contributed by atoms with Crippen LogP contribution in [0.3, 0.4) is 0 Å². The lowest BCUT2D eigenvalue weighted by Crippen LogP contribution is -2.14. The Labute approximate surface area is 126 Å². The first-order valence-electron chi connectivity index (χ1n) is 7.36. The van der Waals surface area contributed by atoms with Crippen molar-refractivity contribution in [1.82, 2.24) is 0 Å². The van der Waals surface area contributed by atoms with Crippen molar-refractivity contribution in [2.75, 3.05) is 19.8 Å². The number of hydrogen-bond donors (Lipinski definition) is 1. The van der Waals surface area contributed by atoms with Crippen LogP contribution in [0.2, 0.25) is 0 Å². The number of rotatable bonds is 9. The number of ether oxygens (including phenoxy) is 2. The van der Waals surface area contributed by atoms with Crippen LogP contribution in [-0.2, 0) is 4.74 Å². The van der Waals surface area contributed by atoms with E-state index < -0.39 is 0 Å². The monoisotopic (exact) mass is 293 g/mol. The molecule has 0 atom stereocenters. The molecule has 1 aliphatic rings. The second kappa shape index (κ2) is 8.22. The molecule has 1 aromatic rings. The Bertz CT molecular complexity index is 432. The van der Waals surface area contributed by atoms with Crippen LogP contribution in [0.5, 0.6) is 5.75 Å². The minimum atomic E-state index is 0.398. The van der Waals surface area contributed by atoms with Crippen LogP contribution in [0, 0.1) is 5.92 Å². The van der Waals surface area contributed by atoms with Crippen LogP contribution in [-0.4, -0.2) is 24.8 Å². The second-order valence-electron chi connectivity index (χ2n) is 5.29. The Hall–Kier alpha value is -1.13. The van der Waals surface area contributed by atoms with Gasteiger partial charge in [-0.2, -0.15) is 0 Å². The first-order chi connectivity index (χ1) is 9.75. The maximum absolute atomic E-state index is 5.66. The van der Waals surface area contributed by atoms with Crippen molar-refractivity contribution in [3.05, 3.63) is 29.8 Å². The van der Waals surface area contributed by atoms with Gasteiger partial charge in [-0.3, -0.25) is 0 Å². The Morgan fingerprint density at radius 2 is 2.10 bits per heavy atom. The molecule has 0 amide bonds. The second-order valence-corrected chi connectivity index (χ2v) is 5.73. The number of hydrogen-bond acceptors (Lipinski definition) is 3. The van der Waals surface area contributed by atoms with Crippen LogP contribution in [0.25, 0.3) is 0 Å². The lowest BCUT2D eigenvalue weighted by Gasteiger charge is -2.24. The Morgan fingerprint density at radius 1 is 1.25 bits per heavy atom. The number of nitrogens with two attached hydrogens (primary N) is 1. The molecule has 0 unspecified atom stereocenters. The van der Waals surface area contributed by atoms with Gasteiger partial charge < -0.3 is 15.2 Å². The van der Waals surface area contributed by atoms with Crippen molar-refractivity contribution in [1.29, 1.82) is 0 Å². The van der Waals surface area contributed by atoms with Crippen LogP contribution < -0.4 is 10.5 Å². The first-order valence-corrected chi connectivity index (χ1v) is 7.77. The smallest absolute Gasteiger partial charge is 0.119 e. The van der Waals surface area contributed by atoms with Gasteiger partial charge in [0.2, 0.25) is 0 Å². The van der Waals surface area contributed by atoms with Gasteiger partial charge in [0.1, 0.15) is 10.7 Å². The maximum atomic E-state index is 5.66.